The Morgan fingerprint density at radius 2 is 1.32 bits per heavy atom. The number of alkyl halides is 3. The summed E-state index contributed by atoms with van der Waals surface area (Å²) in [6.45, 7) is 9.87. The van der Waals surface area contributed by atoms with Gasteiger partial charge >= 0.3 is 6.18 Å². The number of benzene rings is 1. The summed E-state index contributed by atoms with van der Waals surface area (Å²) in [6.07, 6.45) is -2.33. The highest BCUT2D eigenvalue weighted by molar-refractivity contribution is 5.47. The van der Waals surface area contributed by atoms with E-state index < -0.39 is 11.7 Å². The molecule has 1 aromatic rings. The molecular weight excluding hydrogens is 249 g/mol. The van der Waals surface area contributed by atoms with Crippen LogP contribution in [0.2, 0.25) is 0 Å². The molecule has 1 aliphatic rings. The standard InChI is InChI=1S/C16H21F3/c1-10-8-12-13(9-11(10)16(17,18)19)15(4,5)7-6-14(12,2)3/h8-9H,6-7H2,1-5H3. The lowest BCUT2D eigenvalue weighted by Gasteiger charge is -2.42. The fraction of sp³-hybridized carbons (Fsp3) is 0.625. The molecule has 19 heavy (non-hydrogen) atoms. The van der Waals surface area contributed by atoms with Gasteiger partial charge in [0.05, 0.1) is 5.56 Å². The molecule has 0 spiro atoms. The molecule has 0 N–H and O–H groups in total. The first-order chi connectivity index (χ1) is 8.45. The fourth-order valence-electron chi connectivity index (χ4n) is 3.03. The maximum atomic E-state index is 13.1. The summed E-state index contributed by atoms with van der Waals surface area (Å²) >= 11 is 0. The molecule has 2 rings (SSSR count). The van der Waals surface area contributed by atoms with Gasteiger partial charge in [0.25, 0.3) is 0 Å². The number of halogens is 3. The van der Waals surface area contributed by atoms with Crippen molar-refractivity contribution < 1.29 is 13.2 Å². The first kappa shape index (κ1) is 14.4. The second kappa shape index (κ2) is 4.00. The number of rotatable bonds is 0. The lowest BCUT2D eigenvalue weighted by molar-refractivity contribution is -0.138. The quantitative estimate of drug-likeness (QED) is 0.595. The van der Waals surface area contributed by atoms with Gasteiger partial charge in [-0.05, 0) is 53.4 Å². The average molecular weight is 270 g/mol. The van der Waals surface area contributed by atoms with Crippen molar-refractivity contribution in [3.05, 3.63) is 34.4 Å². The molecule has 0 heterocycles. The van der Waals surface area contributed by atoms with Gasteiger partial charge in [-0.3, -0.25) is 0 Å². The van der Waals surface area contributed by atoms with Crippen LogP contribution in [0.3, 0.4) is 0 Å². The summed E-state index contributed by atoms with van der Waals surface area (Å²) < 4.78 is 39.2. The van der Waals surface area contributed by atoms with Crippen LogP contribution >= 0.6 is 0 Å². The fourth-order valence-corrected chi connectivity index (χ4v) is 3.03. The van der Waals surface area contributed by atoms with Gasteiger partial charge in [0.2, 0.25) is 0 Å². The monoisotopic (exact) mass is 270 g/mol. The first-order valence-corrected chi connectivity index (χ1v) is 6.68. The Kier molecular flexibility index (Phi) is 3.04. The lowest BCUT2D eigenvalue weighted by atomic mass is 9.62. The Balaban J connectivity index is 2.72. The first-order valence-electron chi connectivity index (χ1n) is 6.68. The van der Waals surface area contributed by atoms with Crippen LogP contribution in [0.1, 0.15) is 62.8 Å². The maximum absolute atomic E-state index is 13.1. The van der Waals surface area contributed by atoms with E-state index in [2.05, 4.69) is 13.8 Å². The van der Waals surface area contributed by atoms with E-state index in [9.17, 15) is 13.2 Å². The summed E-state index contributed by atoms with van der Waals surface area (Å²) in [5.41, 5.74) is 1.56. The van der Waals surface area contributed by atoms with Gasteiger partial charge in [-0.15, -0.1) is 0 Å². The molecule has 0 amide bonds. The molecule has 0 aliphatic heterocycles. The van der Waals surface area contributed by atoms with Crippen LogP contribution < -0.4 is 0 Å². The van der Waals surface area contributed by atoms with Crippen LogP contribution in [0.4, 0.5) is 13.2 Å². The predicted octanol–water partition coefficient (Wildman–Crippen LogP) is 5.36. The minimum absolute atomic E-state index is 0.0419. The van der Waals surface area contributed by atoms with E-state index in [1.165, 1.54) is 6.07 Å². The van der Waals surface area contributed by atoms with Gasteiger partial charge in [0.1, 0.15) is 0 Å². The lowest BCUT2D eigenvalue weighted by Crippen LogP contribution is -2.34. The zero-order valence-electron chi connectivity index (χ0n) is 12.2. The van der Waals surface area contributed by atoms with Gasteiger partial charge in [-0.1, -0.05) is 33.8 Å². The molecule has 0 saturated carbocycles. The van der Waals surface area contributed by atoms with Crippen LogP contribution in [0.25, 0.3) is 0 Å². The number of hydrogen-bond acceptors (Lipinski definition) is 0. The largest absolute Gasteiger partial charge is 0.416 e. The smallest absolute Gasteiger partial charge is 0.166 e. The van der Waals surface area contributed by atoms with Gasteiger partial charge in [-0.2, -0.15) is 13.2 Å². The summed E-state index contributed by atoms with van der Waals surface area (Å²) in [6, 6.07) is 3.13. The molecule has 0 fully saturated rings. The second-order valence-electron chi connectivity index (χ2n) is 6.98. The molecule has 0 unspecified atom stereocenters. The van der Waals surface area contributed by atoms with Crippen molar-refractivity contribution in [2.24, 2.45) is 0 Å². The SMILES string of the molecule is Cc1cc2c(cc1C(F)(F)F)C(C)(C)CCC2(C)C. The third-order valence-electron chi connectivity index (χ3n) is 4.50. The zero-order valence-corrected chi connectivity index (χ0v) is 12.2. The van der Waals surface area contributed by atoms with Crippen molar-refractivity contribution in [2.45, 2.75) is 64.5 Å². The van der Waals surface area contributed by atoms with Crippen LogP contribution in [0.15, 0.2) is 12.1 Å². The summed E-state index contributed by atoms with van der Waals surface area (Å²) in [5.74, 6) is 0. The Bertz CT molecular complexity index is 507. The minimum atomic E-state index is -4.27. The van der Waals surface area contributed by atoms with Gasteiger partial charge in [0, 0.05) is 0 Å². The Hall–Kier alpha value is -0.990. The van der Waals surface area contributed by atoms with Crippen molar-refractivity contribution in [3.8, 4) is 0 Å². The van der Waals surface area contributed by atoms with Crippen molar-refractivity contribution in [1.82, 2.24) is 0 Å². The van der Waals surface area contributed by atoms with Crippen molar-refractivity contribution in [2.75, 3.05) is 0 Å². The number of aryl methyl sites for hydroxylation is 1. The molecule has 0 nitrogen and oxygen atoms in total. The Morgan fingerprint density at radius 1 is 0.895 bits per heavy atom. The van der Waals surface area contributed by atoms with Crippen LogP contribution in [-0.4, -0.2) is 0 Å². The van der Waals surface area contributed by atoms with E-state index in [-0.39, 0.29) is 10.8 Å². The average Bonchev–Trinajstić information content (AvgIpc) is 2.23. The van der Waals surface area contributed by atoms with Crippen molar-refractivity contribution in [3.63, 3.8) is 0 Å². The second-order valence-corrected chi connectivity index (χ2v) is 6.98. The third-order valence-corrected chi connectivity index (χ3v) is 4.50. The number of fused-ring (bicyclic) bond motifs is 1. The van der Waals surface area contributed by atoms with Gasteiger partial charge < -0.3 is 0 Å². The van der Waals surface area contributed by atoms with E-state index >= 15 is 0 Å². The van der Waals surface area contributed by atoms with Gasteiger partial charge in [0.15, 0.2) is 0 Å². The molecule has 0 saturated heterocycles. The highest BCUT2D eigenvalue weighted by Gasteiger charge is 2.40. The molecule has 0 atom stereocenters. The Labute approximate surface area is 113 Å². The molecule has 3 heteroatoms. The van der Waals surface area contributed by atoms with E-state index in [1.54, 1.807) is 13.0 Å². The predicted molar refractivity (Wildman–Crippen MR) is 71.5 cm³/mol. The Morgan fingerprint density at radius 3 is 1.74 bits per heavy atom. The molecular formula is C16H21F3. The van der Waals surface area contributed by atoms with E-state index in [0.29, 0.717) is 5.56 Å². The van der Waals surface area contributed by atoms with Gasteiger partial charge in [-0.25, -0.2) is 0 Å². The van der Waals surface area contributed by atoms with E-state index in [0.717, 1.165) is 24.0 Å². The molecule has 0 aromatic heterocycles. The van der Waals surface area contributed by atoms with Crippen molar-refractivity contribution in [1.29, 1.82) is 0 Å². The number of hydrogen-bond donors (Lipinski definition) is 0. The van der Waals surface area contributed by atoms with E-state index in [4.69, 9.17) is 0 Å². The van der Waals surface area contributed by atoms with Crippen molar-refractivity contribution >= 4 is 0 Å². The molecule has 0 radical (unpaired) electrons. The molecule has 0 bridgehead atoms. The molecule has 106 valence electrons. The highest BCUT2D eigenvalue weighted by Crippen LogP contribution is 2.48. The molecule has 1 aromatic carbocycles. The van der Waals surface area contributed by atoms with Crippen LogP contribution in [-0.2, 0) is 17.0 Å². The topological polar surface area (TPSA) is 0 Å². The minimum Gasteiger partial charge on any atom is -0.166 e. The van der Waals surface area contributed by atoms with Crippen LogP contribution in [0.5, 0.6) is 0 Å². The summed E-state index contributed by atoms with van der Waals surface area (Å²) in [7, 11) is 0. The summed E-state index contributed by atoms with van der Waals surface area (Å²) in [5, 5.41) is 0. The molecule has 1 aliphatic carbocycles. The van der Waals surface area contributed by atoms with E-state index in [1.807, 2.05) is 13.8 Å². The zero-order chi connectivity index (χ0) is 14.6. The van der Waals surface area contributed by atoms with Crippen LogP contribution in [0, 0.1) is 6.92 Å². The third kappa shape index (κ3) is 2.39. The normalized spacial score (nSPS) is 21.1. The summed E-state index contributed by atoms with van der Waals surface area (Å²) in [4.78, 5) is 0. The maximum Gasteiger partial charge on any atom is 0.416 e. The highest BCUT2D eigenvalue weighted by atomic mass is 19.4.